The monoisotopic (exact) mass is 446 g/mol. The van der Waals surface area contributed by atoms with Crippen molar-refractivity contribution in [2.75, 3.05) is 0 Å². The van der Waals surface area contributed by atoms with Crippen LogP contribution in [0.4, 0.5) is 0 Å². The highest BCUT2D eigenvalue weighted by Crippen LogP contribution is 2.30. The van der Waals surface area contributed by atoms with E-state index in [1.54, 1.807) is 67.2 Å². The average molecular weight is 447 g/mol. The first-order valence-electron chi connectivity index (χ1n) is 9.17. The Labute approximate surface area is 184 Å². The van der Waals surface area contributed by atoms with E-state index in [1.807, 2.05) is 6.92 Å². The molecule has 8 heteroatoms. The van der Waals surface area contributed by atoms with E-state index in [9.17, 15) is 4.79 Å². The number of halogens is 2. The van der Waals surface area contributed by atoms with Gasteiger partial charge in [0.1, 0.15) is 33.2 Å². The van der Waals surface area contributed by atoms with Crippen LogP contribution in [0.5, 0.6) is 28.9 Å². The molecular formula is C22H20Cl2N2O4. The van der Waals surface area contributed by atoms with Crippen LogP contribution in [0, 0.1) is 0 Å². The minimum atomic E-state index is 0.0786. The van der Waals surface area contributed by atoms with E-state index in [0.717, 1.165) is 6.29 Å². The zero-order valence-corrected chi connectivity index (χ0v) is 18.2. The predicted octanol–water partition coefficient (Wildman–Crippen LogP) is 6.43. The quantitative estimate of drug-likeness (QED) is 0.294. The fraction of sp³-hybridized carbons (Fsp3) is 0.182. The lowest BCUT2D eigenvalue weighted by atomic mass is 10.2. The predicted molar refractivity (Wildman–Crippen MR) is 116 cm³/mol. The Kier molecular flexibility index (Phi) is 7.03. The molecular weight excluding hydrogens is 427 g/mol. The van der Waals surface area contributed by atoms with Gasteiger partial charge in [-0.1, -0.05) is 30.1 Å². The van der Waals surface area contributed by atoms with E-state index >= 15 is 0 Å². The first-order valence-corrected chi connectivity index (χ1v) is 9.93. The maximum absolute atomic E-state index is 11.4. The zero-order chi connectivity index (χ0) is 21.7. The number of benzene rings is 2. The highest BCUT2D eigenvalue weighted by Gasteiger charge is 2.16. The van der Waals surface area contributed by atoms with Crippen molar-refractivity contribution in [1.29, 1.82) is 0 Å². The number of allylic oxidation sites excluding steroid dienone is 1. The largest absolute Gasteiger partial charge is 0.460 e. The number of aldehydes is 1. The van der Waals surface area contributed by atoms with Crippen LogP contribution in [0.15, 0.2) is 58.8 Å². The lowest BCUT2D eigenvalue weighted by Gasteiger charge is -2.10. The van der Waals surface area contributed by atoms with E-state index in [2.05, 4.69) is 5.10 Å². The van der Waals surface area contributed by atoms with Gasteiger partial charge in [-0.2, -0.15) is 5.10 Å². The van der Waals surface area contributed by atoms with Crippen molar-refractivity contribution >= 4 is 29.5 Å². The molecule has 0 atom stereocenters. The van der Waals surface area contributed by atoms with Crippen molar-refractivity contribution in [3.05, 3.63) is 70.0 Å². The van der Waals surface area contributed by atoms with Crippen molar-refractivity contribution in [3.8, 4) is 28.9 Å². The second kappa shape index (κ2) is 9.69. The topological polar surface area (TPSA) is 62.6 Å². The van der Waals surface area contributed by atoms with Gasteiger partial charge in [0.05, 0.1) is 11.3 Å². The number of aryl methyl sites for hydroxylation is 2. The van der Waals surface area contributed by atoms with Crippen molar-refractivity contribution < 1.29 is 19.0 Å². The van der Waals surface area contributed by atoms with Crippen LogP contribution in [0.3, 0.4) is 0 Å². The molecule has 0 fully saturated rings. The summed E-state index contributed by atoms with van der Waals surface area (Å²) in [6.07, 6.45) is 1.42. The molecule has 0 saturated heterocycles. The molecule has 156 valence electrons. The third-order valence-corrected chi connectivity index (χ3v) is 4.73. The maximum atomic E-state index is 11.4. The van der Waals surface area contributed by atoms with Crippen LogP contribution >= 0.6 is 23.2 Å². The highest BCUT2D eigenvalue weighted by atomic mass is 35.5. The summed E-state index contributed by atoms with van der Waals surface area (Å²) >= 11 is 11.4. The lowest BCUT2D eigenvalue weighted by Crippen LogP contribution is -1.96. The van der Waals surface area contributed by atoms with Gasteiger partial charge in [-0.3, -0.25) is 4.79 Å². The van der Waals surface area contributed by atoms with Crippen LogP contribution in [0.1, 0.15) is 29.9 Å². The first-order chi connectivity index (χ1) is 14.4. The van der Waals surface area contributed by atoms with Crippen molar-refractivity contribution in [3.63, 3.8) is 0 Å². The Bertz CT molecular complexity index is 1050. The second-order valence-corrected chi connectivity index (χ2v) is 7.28. The Morgan fingerprint density at radius 3 is 1.93 bits per heavy atom. The van der Waals surface area contributed by atoms with Crippen molar-refractivity contribution in [2.24, 2.45) is 7.05 Å². The van der Waals surface area contributed by atoms with Crippen LogP contribution in [-0.2, 0) is 13.5 Å². The minimum Gasteiger partial charge on any atom is -0.460 e. The van der Waals surface area contributed by atoms with Gasteiger partial charge in [0.25, 0.3) is 0 Å². The number of carbonyl (C=O) groups excluding carboxylic acids is 1. The van der Waals surface area contributed by atoms with Gasteiger partial charge in [-0.15, -0.1) is 0 Å². The first kappa shape index (κ1) is 21.7. The number of ether oxygens (including phenoxy) is 3. The van der Waals surface area contributed by atoms with Crippen LogP contribution < -0.4 is 14.2 Å². The van der Waals surface area contributed by atoms with Crippen molar-refractivity contribution in [2.45, 2.75) is 20.3 Å². The third-order valence-electron chi connectivity index (χ3n) is 4.19. The molecule has 0 aliphatic heterocycles. The smallest absolute Gasteiger partial charge is 0.228 e. The standard InChI is InChI=1S/C22H20Cl2N2O4/c1-4-20-19(13-27)22(26(3)25-20)30-18-11-9-17(10-12-18)29-16-7-5-15(6-8-16)28-14(2)21(23)24/h5-13H,4H2,1-3H3. The fourth-order valence-electron chi connectivity index (χ4n) is 2.69. The molecule has 2 aromatic carbocycles. The van der Waals surface area contributed by atoms with Crippen LogP contribution in [-0.4, -0.2) is 16.1 Å². The van der Waals surface area contributed by atoms with E-state index in [0.29, 0.717) is 52.3 Å². The van der Waals surface area contributed by atoms with E-state index in [1.165, 1.54) is 0 Å². The molecule has 0 aliphatic rings. The molecule has 1 heterocycles. The number of aromatic nitrogens is 2. The molecule has 0 spiro atoms. The Balaban J connectivity index is 1.67. The van der Waals surface area contributed by atoms with Gasteiger partial charge in [0.2, 0.25) is 5.88 Å². The molecule has 0 unspecified atom stereocenters. The molecule has 0 aliphatic carbocycles. The van der Waals surface area contributed by atoms with Gasteiger partial charge in [-0.05, 0) is 61.9 Å². The molecule has 3 rings (SSSR count). The van der Waals surface area contributed by atoms with Gasteiger partial charge in [-0.25, -0.2) is 4.68 Å². The Morgan fingerprint density at radius 2 is 1.47 bits per heavy atom. The molecule has 3 aromatic rings. The zero-order valence-electron chi connectivity index (χ0n) is 16.7. The summed E-state index contributed by atoms with van der Waals surface area (Å²) in [6, 6.07) is 14.1. The summed E-state index contributed by atoms with van der Waals surface area (Å²) in [4.78, 5) is 11.4. The van der Waals surface area contributed by atoms with E-state index in [-0.39, 0.29) is 4.49 Å². The molecule has 0 radical (unpaired) electrons. The van der Waals surface area contributed by atoms with Gasteiger partial charge >= 0.3 is 0 Å². The number of carbonyl (C=O) groups is 1. The summed E-state index contributed by atoms with van der Waals surface area (Å²) in [7, 11) is 1.74. The number of rotatable bonds is 8. The minimum absolute atomic E-state index is 0.0786. The summed E-state index contributed by atoms with van der Waals surface area (Å²) in [6.45, 7) is 3.62. The summed E-state index contributed by atoms with van der Waals surface area (Å²) in [5, 5.41) is 4.31. The number of nitrogens with zero attached hydrogens (tertiary/aromatic N) is 2. The molecule has 0 amide bonds. The van der Waals surface area contributed by atoms with Gasteiger partial charge < -0.3 is 14.2 Å². The fourth-order valence-corrected chi connectivity index (χ4v) is 2.77. The Hall–Kier alpha value is -2.96. The summed E-state index contributed by atoms with van der Waals surface area (Å²) in [5.74, 6) is 3.26. The summed E-state index contributed by atoms with van der Waals surface area (Å²) < 4.78 is 18.8. The van der Waals surface area contributed by atoms with E-state index < -0.39 is 0 Å². The molecule has 0 bridgehead atoms. The number of hydrogen-bond acceptors (Lipinski definition) is 5. The van der Waals surface area contributed by atoms with Crippen LogP contribution in [0.25, 0.3) is 0 Å². The molecule has 0 saturated carbocycles. The Morgan fingerprint density at radius 1 is 0.967 bits per heavy atom. The third kappa shape index (κ3) is 5.14. The van der Waals surface area contributed by atoms with Crippen molar-refractivity contribution in [1.82, 2.24) is 9.78 Å². The lowest BCUT2D eigenvalue weighted by molar-refractivity contribution is 0.112. The van der Waals surface area contributed by atoms with Crippen LogP contribution in [0.2, 0.25) is 0 Å². The molecule has 6 nitrogen and oxygen atoms in total. The van der Waals surface area contributed by atoms with Gasteiger partial charge in [0, 0.05) is 7.05 Å². The summed E-state index contributed by atoms with van der Waals surface area (Å²) in [5.41, 5.74) is 1.16. The van der Waals surface area contributed by atoms with E-state index in [4.69, 9.17) is 37.4 Å². The SMILES string of the molecule is CCc1nn(C)c(Oc2ccc(Oc3ccc(OC(C)=C(Cl)Cl)cc3)cc2)c1C=O. The maximum Gasteiger partial charge on any atom is 0.228 e. The van der Waals surface area contributed by atoms with Gasteiger partial charge in [0.15, 0.2) is 6.29 Å². The molecule has 0 N–H and O–H groups in total. The normalized spacial score (nSPS) is 10.4. The molecule has 30 heavy (non-hydrogen) atoms. The number of hydrogen-bond donors (Lipinski definition) is 0. The average Bonchev–Trinajstić information content (AvgIpc) is 3.05. The second-order valence-electron chi connectivity index (χ2n) is 6.33. The molecule has 1 aromatic heterocycles. The highest BCUT2D eigenvalue weighted by molar-refractivity contribution is 6.56.